The van der Waals surface area contributed by atoms with E-state index in [1.807, 2.05) is 4.90 Å². The predicted octanol–water partition coefficient (Wildman–Crippen LogP) is 1.51. The second-order valence-electron chi connectivity index (χ2n) is 4.44. The molecule has 4 nitrogen and oxygen atoms in total. The molecule has 17 heavy (non-hydrogen) atoms. The number of pyridine rings is 1. The van der Waals surface area contributed by atoms with Gasteiger partial charge in [-0.1, -0.05) is 11.6 Å². The Kier molecular flexibility index (Phi) is 3.64. The summed E-state index contributed by atoms with van der Waals surface area (Å²) in [6, 6.07) is 2.03. The van der Waals surface area contributed by atoms with Gasteiger partial charge in [0.25, 0.3) is 5.91 Å². The first kappa shape index (κ1) is 12.3. The van der Waals surface area contributed by atoms with Crippen LogP contribution in [0.5, 0.6) is 0 Å². The number of carbonyl (C=O) groups excluding carboxylic acids is 1. The summed E-state index contributed by atoms with van der Waals surface area (Å²) in [4.78, 5) is 20.3. The Bertz CT molecular complexity index is 424. The molecule has 1 aliphatic heterocycles. The lowest BCUT2D eigenvalue weighted by Gasteiger charge is -2.37. The topological polar surface area (TPSA) is 36.4 Å². The molecule has 0 radical (unpaired) electrons. The van der Waals surface area contributed by atoms with Crippen LogP contribution < -0.4 is 0 Å². The first-order valence-corrected chi connectivity index (χ1v) is 6.06. The number of halogens is 1. The maximum Gasteiger partial charge on any atom is 0.257 e. The lowest BCUT2D eigenvalue weighted by Crippen LogP contribution is -2.52. The van der Waals surface area contributed by atoms with Gasteiger partial charge in [0.2, 0.25) is 0 Å². The number of likely N-dealkylation sites (N-methyl/N-ethyl adjacent to an activating group) is 1. The van der Waals surface area contributed by atoms with Crippen LogP contribution in [-0.4, -0.2) is 53.4 Å². The smallest absolute Gasteiger partial charge is 0.257 e. The second-order valence-corrected chi connectivity index (χ2v) is 4.84. The molecule has 0 aliphatic carbocycles. The fraction of sp³-hybridized carbons (Fsp3) is 0.500. The minimum atomic E-state index is -0.0250. The Hall–Kier alpha value is -1.13. The van der Waals surface area contributed by atoms with E-state index in [4.69, 9.17) is 11.6 Å². The van der Waals surface area contributed by atoms with Crippen LogP contribution in [0.4, 0.5) is 0 Å². The SMILES string of the molecule is CC1CN(C(=O)c2cnccc2Cl)CCN1C. The number of rotatable bonds is 1. The zero-order chi connectivity index (χ0) is 12.4. The standard InChI is InChI=1S/C12H16ClN3O/c1-9-8-16(6-5-15(9)2)12(17)10-7-14-4-3-11(10)13/h3-4,7,9H,5-6,8H2,1-2H3. The van der Waals surface area contributed by atoms with Crippen LogP contribution >= 0.6 is 11.6 Å². The first-order chi connectivity index (χ1) is 8.09. The maximum atomic E-state index is 12.3. The third-order valence-electron chi connectivity index (χ3n) is 3.25. The van der Waals surface area contributed by atoms with Gasteiger partial charge in [0.1, 0.15) is 0 Å². The van der Waals surface area contributed by atoms with Gasteiger partial charge in [0, 0.05) is 38.1 Å². The van der Waals surface area contributed by atoms with Crippen molar-refractivity contribution in [3.63, 3.8) is 0 Å². The Balaban J connectivity index is 2.14. The highest BCUT2D eigenvalue weighted by atomic mass is 35.5. The molecule has 1 amide bonds. The molecule has 5 heteroatoms. The molecule has 0 bridgehead atoms. The summed E-state index contributed by atoms with van der Waals surface area (Å²) in [5.74, 6) is -0.0250. The minimum absolute atomic E-state index is 0.0250. The average Bonchev–Trinajstić information content (AvgIpc) is 2.32. The highest BCUT2D eigenvalue weighted by Gasteiger charge is 2.26. The summed E-state index contributed by atoms with van der Waals surface area (Å²) < 4.78 is 0. The van der Waals surface area contributed by atoms with Crippen LogP contribution in [0.15, 0.2) is 18.5 Å². The Labute approximate surface area is 106 Å². The molecular formula is C12H16ClN3O. The summed E-state index contributed by atoms with van der Waals surface area (Å²) in [6.07, 6.45) is 3.12. The third kappa shape index (κ3) is 2.58. The van der Waals surface area contributed by atoms with E-state index in [2.05, 4.69) is 23.9 Å². The van der Waals surface area contributed by atoms with E-state index in [-0.39, 0.29) is 5.91 Å². The van der Waals surface area contributed by atoms with Crippen LogP contribution in [0, 0.1) is 0 Å². The van der Waals surface area contributed by atoms with Gasteiger partial charge in [0.05, 0.1) is 10.6 Å². The van der Waals surface area contributed by atoms with Crippen LogP contribution in [0.3, 0.4) is 0 Å². The van der Waals surface area contributed by atoms with E-state index in [9.17, 15) is 4.79 Å². The van der Waals surface area contributed by atoms with Crippen LogP contribution in [0.25, 0.3) is 0 Å². The molecule has 1 aliphatic rings. The number of aromatic nitrogens is 1. The van der Waals surface area contributed by atoms with E-state index in [1.165, 1.54) is 6.20 Å². The minimum Gasteiger partial charge on any atom is -0.336 e. The van der Waals surface area contributed by atoms with Crippen LogP contribution in [0.1, 0.15) is 17.3 Å². The van der Waals surface area contributed by atoms with Crippen molar-refractivity contribution in [2.24, 2.45) is 0 Å². The maximum absolute atomic E-state index is 12.3. The van der Waals surface area contributed by atoms with Crippen molar-refractivity contribution in [2.75, 3.05) is 26.7 Å². The van der Waals surface area contributed by atoms with Crippen LogP contribution in [-0.2, 0) is 0 Å². The number of amides is 1. The molecular weight excluding hydrogens is 238 g/mol. The quantitative estimate of drug-likeness (QED) is 0.761. The summed E-state index contributed by atoms with van der Waals surface area (Å²) in [5.41, 5.74) is 0.492. The fourth-order valence-electron chi connectivity index (χ4n) is 1.94. The molecule has 1 saturated heterocycles. The molecule has 1 aromatic rings. The highest BCUT2D eigenvalue weighted by Crippen LogP contribution is 2.17. The van der Waals surface area contributed by atoms with E-state index >= 15 is 0 Å². The van der Waals surface area contributed by atoms with E-state index in [1.54, 1.807) is 12.3 Å². The zero-order valence-electron chi connectivity index (χ0n) is 10.1. The van der Waals surface area contributed by atoms with Gasteiger partial charge in [0.15, 0.2) is 0 Å². The molecule has 92 valence electrons. The lowest BCUT2D eigenvalue weighted by molar-refractivity contribution is 0.0572. The van der Waals surface area contributed by atoms with Crippen molar-refractivity contribution < 1.29 is 4.79 Å². The summed E-state index contributed by atoms with van der Waals surface area (Å²) in [7, 11) is 2.07. The van der Waals surface area contributed by atoms with Gasteiger partial charge >= 0.3 is 0 Å². The number of hydrogen-bond donors (Lipinski definition) is 0. The van der Waals surface area contributed by atoms with Gasteiger partial charge < -0.3 is 9.80 Å². The predicted molar refractivity (Wildman–Crippen MR) is 67.2 cm³/mol. The molecule has 0 aromatic carbocycles. The Morgan fingerprint density at radius 2 is 2.29 bits per heavy atom. The fourth-order valence-corrected chi connectivity index (χ4v) is 2.12. The molecule has 1 unspecified atom stereocenters. The summed E-state index contributed by atoms with van der Waals surface area (Å²) >= 11 is 6.01. The molecule has 2 heterocycles. The molecule has 1 aromatic heterocycles. The largest absolute Gasteiger partial charge is 0.336 e. The normalized spacial score (nSPS) is 21.6. The van der Waals surface area contributed by atoms with E-state index in [0.29, 0.717) is 16.6 Å². The van der Waals surface area contributed by atoms with Gasteiger partial charge in [-0.3, -0.25) is 9.78 Å². The molecule has 1 atom stereocenters. The van der Waals surface area contributed by atoms with E-state index < -0.39 is 0 Å². The Morgan fingerprint density at radius 3 is 2.94 bits per heavy atom. The number of carbonyl (C=O) groups is 1. The van der Waals surface area contributed by atoms with Crippen LogP contribution in [0.2, 0.25) is 5.02 Å². The van der Waals surface area contributed by atoms with Gasteiger partial charge in [-0.25, -0.2) is 0 Å². The monoisotopic (exact) mass is 253 g/mol. The summed E-state index contributed by atoms with van der Waals surface area (Å²) in [6.45, 7) is 4.49. The number of piperazine rings is 1. The lowest BCUT2D eigenvalue weighted by atomic mass is 10.1. The molecule has 0 N–H and O–H groups in total. The Morgan fingerprint density at radius 1 is 1.53 bits per heavy atom. The van der Waals surface area contributed by atoms with Gasteiger partial charge in [-0.15, -0.1) is 0 Å². The third-order valence-corrected chi connectivity index (χ3v) is 3.57. The molecule has 1 fully saturated rings. The second kappa shape index (κ2) is 5.02. The molecule has 0 spiro atoms. The average molecular weight is 254 g/mol. The first-order valence-electron chi connectivity index (χ1n) is 5.68. The van der Waals surface area contributed by atoms with Crippen molar-refractivity contribution in [3.05, 3.63) is 29.0 Å². The zero-order valence-corrected chi connectivity index (χ0v) is 10.8. The van der Waals surface area contributed by atoms with Gasteiger partial charge in [-0.2, -0.15) is 0 Å². The highest BCUT2D eigenvalue weighted by molar-refractivity contribution is 6.33. The van der Waals surface area contributed by atoms with Gasteiger partial charge in [-0.05, 0) is 20.0 Å². The van der Waals surface area contributed by atoms with E-state index in [0.717, 1.165) is 19.6 Å². The summed E-state index contributed by atoms with van der Waals surface area (Å²) in [5, 5.41) is 0.469. The van der Waals surface area contributed by atoms with Crippen molar-refractivity contribution in [2.45, 2.75) is 13.0 Å². The van der Waals surface area contributed by atoms with Crippen molar-refractivity contribution in [3.8, 4) is 0 Å². The number of hydrogen-bond acceptors (Lipinski definition) is 3. The van der Waals surface area contributed by atoms with Crippen molar-refractivity contribution in [1.29, 1.82) is 0 Å². The number of nitrogens with zero attached hydrogens (tertiary/aromatic N) is 3. The van der Waals surface area contributed by atoms with Crippen molar-refractivity contribution in [1.82, 2.24) is 14.8 Å². The molecule has 0 saturated carbocycles. The van der Waals surface area contributed by atoms with Crippen molar-refractivity contribution >= 4 is 17.5 Å². The molecule has 2 rings (SSSR count).